The number of benzene rings is 2. The summed E-state index contributed by atoms with van der Waals surface area (Å²) < 4.78 is 10.8. The summed E-state index contributed by atoms with van der Waals surface area (Å²) in [5.74, 6) is -1.47. The zero-order chi connectivity index (χ0) is 23.4. The van der Waals surface area contributed by atoms with Crippen molar-refractivity contribution in [2.75, 3.05) is 20.3 Å². The smallest absolute Gasteiger partial charge is 0.407 e. The predicted molar refractivity (Wildman–Crippen MR) is 121 cm³/mol. The molecule has 3 N–H and O–H groups in total. The number of aliphatic carboxylic acids is 1. The minimum atomic E-state index is -0.831. The topological polar surface area (TPSA) is 114 Å². The Morgan fingerprint density at radius 2 is 1.64 bits per heavy atom. The van der Waals surface area contributed by atoms with Crippen molar-refractivity contribution in [1.29, 1.82) is 0 Å². The number of rotatable bonds is 9. The number of carbonyl (C=O) groups is 3. The molecule has 2 amide bonds. The normalized spacial score (nSPS) is 19.5. The van der Waals surface area contributed by atoms with Crippen molar-refractivity contribution in [2.45, 2.75) is 37.3 Å². The van der Waals surface area contributed by atoms with Gasteiger partial charge in [0.15, 0.2) is 0 Å². The van der Waals surface area contributed by atoms with Crippen LogP contribution in [0.25, 0.3) is 11.1 Å². The number of carboxylic acid groups (broad SMARTS) is 1. The molecule has 8 heteroatoms. The highest BCUT2D eigenvalue weighted by molar-refractivity contribution is 5.79. The summed E-state index contributed by atoms with van der Waals surface area (Å²) in [7, 11) is 1.47. The van der Waals surface area contributed by atoms with Crippen LogP contribution in [0.2, 0.25) is 0 Å². The van der Waals surface area contributed by atoms with Crippen LogP contribution in [0.5, 0.6) is 0 Å². The van der Waals surface area contributed by atoms with E-state index in [2.05, 4.69) is 34.9 Å². The van der Waals surface area contributed by atoms with Crippen LogP contribution in [-0.2, 0) is 19.1 Å². The Labute approximate surface area is 192 Å². The molecule has 1 saturated carbocycles. The van der Waals surface area contributed by atoms with Crippen molar-refractivity contribution in [3.63, 3.8) is 0 Å². The van der Waals surface area contributed by atoms with Crippen molar-refractivity contribution < 1.29 is 29.0 Å². The van der Waals surface area contributed by atoms with Crippen molar-refractivity contribution in [2.24, 2.45) is 5.92 Å². The van der Waals surface area contributed by atoms with Gasteiger partial charge in [0.1, 0.15) is 6.61 Å². The second-order valence-electron chi connectivity index (χ2n) is 8.54. The number of fused-ring (bicyclic) bond motifs is 3. The minimum Gasteiger partial charge on any atom is -0.481 e. The first-order chi connectivity index (χ1) is 16.0. The van der Waals surface area contributed by atoms with E-state index in [0.29, 0.717) is 12.8 Å². The Kier molecular flexibility index (Phi) is 6.93. The number of carboxylic acids is 1. The fraction of sp³-hybridized carbons (Fsp3) is 0.400. The van der Waals surface area contributed by atoms with Gasteiger partial charge >= 0.3 is 12.1 Å². The lowest BCUT2D eigenvalue weighted by atomic mass is 9.80. The van der Waals surface area contributed by atoms with Crippen molar-refractivity contribution in [1.82, 2.24) is 10.6 Å². The molecule has 0 radical (unpaired) electrons. The van der Waals surface area contributed by atoms with Gasteiger partial charge in [-0.2, -0.15) is 0 Å². The second-order valence-corrected chi connectivity index (χ2v) is 8.54. The third-order valence-corrected chi connectivity index (χ3v) is 6.42. The van der Waals surface area contributed by atoms with Gasteiger partial charge in [-0.1, -0.05) is 48.5 Å². The van der Waals surface area contributed by atoms with Gasteiger partial charge in [0.05, 0.1) is 18.4 Å². The Balaban J connectivity index is 1.23. The van der Waals surface area contributed by atoms with E-state index in [1.807, 2.05) is 24.3 Å². The van der Waals surface area contributed by atoms with Gasteiger partial charge in [-0.3, -0.25) is 9.59 Å². The SMILES string of the molecule is COC(CNC(=O)OCC1c2ccccc2-c2ccccc21)CC(=O)NC1CC(C(=O)O)C1. The number of carbonyl (C=O) groups excluding carboxylic acids is 2. The third kappa shape index (κ3) is 5.17. The van der Waals surface area contributed by atoms with Crippen molar-refractivity contribution in [3.05, 3.63) is 59.7 Å². The Morgan fingerprint density at radius 1 is 1.03 bits per heavy atom. The molecule has 174 valence electrons. The molecule has 2 aromatic carbocycles. The fourth-order valence-corrected chi connectivity index (χ4v) is 4.52. The molecule has 2 aliphatic rings. The van der Waals surface area contributed by atoms with Crippen LogP contribution in [0.3, 0.4) is 0 Å². The van der Waals surface area contributed by atoms with Crippen LogP contribution in [0.15, 0.2) is 48.5 Å². The molecule has 0 spiro atoms. The predicted octanol–water partition coefficient (Wildman–Crippen LogP) is 2.91. The highest BCUT2D eigenvalue weighted by atomic mass is 16.5. The minimum absolute atomic E-state index is 0.0238. The molecule has 0 aromatic heterocycles. The molecule has 1 fully saturated rings. The molecule has 0 aliphatic heterocycles. The largest absolute Gasteiger partial charge is 0.481 e. The number of ether oxygens (including phenoxy) is 2. The van der Waals surface area contributed by atoms with Crippen LogP contribution in [0, 0.1) is 5.92 Å². The quantitative estimate of drug-likeness (QED) is 0.539. The second kappa shape index (κ2) is 10.0. The van der Waals surface area contributed by atoms with Crippen LogP contribution in [-0.4, -0.2) is 55.5 Å². The molecule has 0 bridgehead atoms. The van der Waals surface area contributed by atoms with Gasteiger partial charge in [-0.05, 0) is 35.1 Å². The molecule has 0 heterocycles. The van der Waals surface area contributed by atoms with Gasteiger partial charge in [0, 0.05) is 25.6 Å². The van der Waals surface area contributed by atoms with E-state index in [9.17, 15) is 14.4 Å². The monoisotopic (exact) mass is 452 g/mol. The lowest BCUT2D eigenvalue weighted by Crippen LogP contribution is -2.48. The first kappa shape index (κ1) is 22.8. The Hall–Kier alpha value is -3.39. The zero-order valence-electron chi connectivity index (χ0n) is 18.5. The molecular formula is C25H28N2O6. The molecule has 2 aliphatic carbocycles. The van der Waals surface area contributed by atoms with E-state index in [4.69, 9.17) is 14.6 Å². The van der Waals surface area contributed by atoms with Gasteiger partial charge in [-0.25, -0.2) is 4.79 Å². The summed E-state index contributed by atoms with van der Waals surface area (Å²) in [5, 5.41) is 14.4. The molecule has 2 aromatic rings. The van der Waals surface area contributed by atoms with Crippen LogP contribution in [0.1, 0.15) is 36.3 Å². The van der Waals surface area contributed by atoms with Crippen LogP contribution >= 0.6 is 0 Å². The maximum atomic E-state index is 12.3. The third-order valence-electron chi connectivity index (χ3n) is 6.42. The summed E-state index contributed by atoms with van der Waals surface area (Å²) in [6, 6.07) is 16.1. The Morgan fingerprint density at radius 3 is 2.21 bits per heavy atom. The lowest BCUT2D eigenvalue weighted by molar-refractivity contribution is -0.146. The van der Waals surface area contributed by atoms with Gasteiger partial charge in [0.2, 0.25) is 5.91 Å². The first-order valence-corrected chi connectivity index (χ1v) is 11.1. The molecule has 1 unspecified atom stereocenters. The van der Waals surface area contributed by atoms with Gasteiger partial charge in [-0.15, -0.1) is 0 Å². The summed E-state index contributed by atoms with van der Waals surface area (Å²) in [6.45, 7) is 0.341. The lowest BCUT2D eigenvalue weighted by Gasteiger charge is -2.33. The van der Waals surface area contributed by atoms with Crippen LogP contribution < -0.4 is 10.6 Å². The number of hydrogen-bond donors (Lipinski definition) is 3. The number of alkyl carbamates (subject to hydrolysis) is 1. The molecule has 4 rings (SSSR count). The summed E-state index contributed by atoms with van der Waals surface area (Å²) in [6.07, 6.45) is -0.134. The van der Waals surface area contributed by atoms with E-state index in [0.717, 1.165) is 22.3 Å². The van der Waals surface area contributed by atoms with E-state index in [1.54, 1.807) is 0 Å². The number of methoxy groups -OCH3 is 1. The average molecular weight is 453 g/mol. The summed E-state index contributed by atoms with van der Waals surface area (Å²) in [4.78, 5) is 35.4. The summed E-state index contributed by atoms with van der Waals surface area (Å²) in [5.41, 5.74) is 4.60. The highest BCUT2D eigenvalue weighted by Crippen LogP contribution is 2.44. The maximum absolute atomic E-state index is 12.3. The van der Waals surface area contributed by atoms with Crippen LogP contribution in [0.4, 0.5) is 4.79 Å². The zero-order valence-corrected chi connectivity index (χ0v) is 18.5. The van der Waals surface area contributed by atoms with Crippen molar-refractivity contribution in [3.8, 4) is 11.1 Å². The standard InChI is InChI=1S/C25H28N2O6/c1-32-17(12-23(28)27-16-10-15(11-16)24(29)30)13-26-25(31)33-14-22-20-8-4-2-6-18(20)19-7-3-5-9-21(19)22/h2-9,15-17,22H,10-14H2,1H3,(H,26,31)(H,27,28)(H,29,30). The van der Waals surface area contributed by atoms with E-state index in [1.165, 1.54) is 7.11 Å². The molecule has 8 nitrogen and oxygen atoms in total. The maximum Gasteiger partial charge on any atom is 0.407 e. The highest BCUT2D eigenvalue weighted by Gasteiger charge is 2.35. The number of nitrogens with one attached hydrogen (secondary N) is 2. The van der Waals surface area contributed by atoms with Gasteiger partial charge < -0.3 is 25.2 Å². The Bertz CT molecular complexity index is 988. The average Bonchev–Trinajstić information content (AvgIpc) is 3.10. The molecule has 33 heavy (non-hydrogen) atoms. The number of amides is 2. The first-order valence-electron chi connectivity index (χ1n) is 11.1. The molecular weight excluding hydrogens is 424 g/mol. The van der Waals surface area contributed by atoms with E-state index in [-0.39, 0.29) is 43.4 Å². The summed E-state index contributed by atoms with van der Waals surface area (Å²) >= 11 is 0. The molecule has 1 atom stereocenters. The van der Waals surface area contributed by atoms with E-state index < -0.39 is 18.2 Å². The number of hydrogen-bond acceptors (Lipinski definition) is 5. The molecule has 0 saturated heterocycles. The van der Waals surface area contributed by atoms with E-state index >= 15 is 0 Å². The fourth-order valence-electron chi connectivity index (χ4n) is 4.52. The van der Waals surface area contributed by atoms with Crippen molar-refractivity contribution >= 4 is 18.0 Å². The van der Waals surface area contributed by atoms with Gasteiger partial charge in [0.25, 0.3) is 0 Å².